The lowest BCUT2D eigenvalue weighted by Gasteiger charge is -2.14. The lowest BCUT2D eigenvalue weighted by atomic mass is 10.2. The summed E-state index contributed by atoms with van der Waals surface area (Å²) < 4.78 is 33.2. The van der Waals surface area contributed by atoms with Crippen molar-refractivity contribution in [3.63, 3.8) is 0 Å². The van der Waals surface area contributed by atoms with Crippen molar-refractivity contribution < 1.29 is 17.9 Å². The normalized spacial score (nSPS) is 11.0. The molecule has 7 heteroatoms. The topological polar surface area (TPSA) is 84.5 Å². The summed E-state index contributed by atoms with van der Waals surface area (Å²) in [5, 5.41) is 2.67. The zero-order chi connectivity index (χ0) is 18.4. The Morgan fingerprint density at radius 3 is 2.36 bits per heavy atom. The van der Waals surface area contributed by atoms with Gasteiger partial charge in [-0.2, -0.15) is 0 Å². The predicted molar refractivity (Wildman–Crippen MR) is 98.5 cm³/mol. The highest BCUT2D eigenvalue weighted by Gasteiger charge is 2.17. The molecule has 0 aliphatic rings. The number of hydrogen-bond acceptors (Lipinski definition) is 4. The Kier molecular flexibility index (Phi) is 6.03. The molecule has 0 unspecified atom stereocenters. The Morgan fingerprint density at radius 1 is 1.08 bits per heavy atom. The second kappa shape index (κ2) is 8.02. The summed E-state index contributed by atoms with van der Waals surface area (Å²) in [4.78, 5) is 11.7. The molecule has 0 bridgehead atoms. The smallest absolute Gasteiger partial charge is 0.261 e. The monoisotopic (exact) mass is 362 g/mol. The summed E-state index contributed by atoms with van der Waals surface area (Å²) in [5.74, 6) is 0.209. The molecule has 0 atom stereocenters. The highest BCUT2D eigenvalue weighted by Crippen LogP contribution is 2.29. The molecule has 1 amide bonds. The molecule has 0 heterocycles. The van der Waals surface area contributed by atoms with Gasteiger partial charge >= 0.3 is 0 Å². The minimum Gasteiger partial charge on any atom is -0.492 e. The fraction of sp³-hybridized carbons (Fsp3) is 0.278. The van der Waals surface area contributed by atoms with E-state index in [1.54, 1.807) is 25.1 Å². The number of benzene rings is 2. The molecule has 0 spiro atoms. The van der Waals surface area contributed by atoms with E-state index in [2.05, 4.69) is 10.0 Å². The van der Waals surface area contributed by atoms with Crippen LogP contribution in [0.1, 0.15) is 25.8 Å². The maximum Gasteiger partial charge on any atom is 0.261 e. The minimum atomic E-state index is -3.78. The third-order valence-electron chi connectivity index (χ3n) is 3.46. The van der Waals surface area contributed by atoms with Gasteiger partial charge in [0.2, 0.25) is 5.91 Å². The molecule has 0 aromatic heterocycles. The van der Waals surface area contributed by atoms with Crippen LogP contribution in [0.15, 0.2) is 47.4 Å². The van der Waals surface area contributed by atoms with E-state index in [-0.39, 0.29) is 17.2 Å². The summed E-state index contributed by atoms with van der Waals surface area (Å²) in [7, 11) is -3.78. The number of carbonyl (C=O) groups is 1. The van der Waals surface area contributed by atoms with Crippen LogP contribution in [-0.4, -0.2) is 20.9 Å². The van der Waals surface area contributed by atoms with Crippen molar-refractivity contribution in [3.05, 3.63) is 48.0 Å². The van der Waals surface area contributed by atoms with E-state index in [1.807, 2.05) is 26.0 Å². The molecule has 0 saturated heterocycles. The van der Waals surface area contributed by atoms with Gasteiger partial charge < -0.3 is 10.1 Å². The zero-order valence-electron chi connectivity index (χ0n) is 14.5. The fourth-order valence-electron chi connectivity index (χ4n) is 2.13. The average molecular weight is 362 g/mol. The molecular weight excluding hydrogens is 340 g/mol. The van der Waals surface area contributed by atoms with Crippen molar-refractivity contribution in [2.75, 3.05) is 16.6 Å². The molecule has 25 heavy (non-hydrogen) atoms. The van der Waals surface area contributed by atoms with E-state index >= 15 is 0 Å². The molecule has 2 aromatic carbocycles. The van der Waals surface area contributed by atoms with Crippen molar-refractivity contribution in [3.8, 4) is 5.75 Å². The van der Waals surface area contributed by atoms with Crippen molar-refractivity contribution in [1.29, 1.82) is 0 Å². The van der Waals surface area contributed by atoms with Crippen molar-refractivity contribution in [2.24, 2.45) is 0 Å². The molecule has 134 valence electrons. The molecule has 0 saturated carbocycles. The standard InChI is InChI=1S/C18H22N2O4S/c1-4-18(21)19-16-12-15(10-11-17(16)24-5-2)25(22,23)20-14-8-6-13(3)7-9-14/h6-12,20H,4-5H2,1-3H3,(H,19,21). The number of aryl methyl sites for hydroxylation is 1. The fourth-order valence-corrected chi connectivity index (χ4v) is 3.21. The van der Waals surface area contributed by atoms with E-state index in [0.717, 1.165) is 5.56 Å². The Bertz CT molecular complexity index is 846. The summed E-state index contributed by atoms with van der Waals surface area (Å²) in [6.07, 6.45) is 0.282. The Balaban J connectivity index is 2.34. The Labute approximate surface area is 148 Å². The Morgan fingerprint density at radius 2 is 1.76 bits per heavy atom. The van der Waals surface area contributed by atoms with Crippen molar-refractivity contribution >= 4 is 27.3 Å². The average Bonchev–Trinajstić information content (AvgIpc) is 2.58. The van der Waals surface area contributed by atoms with E-state index in [9.17, 15) is 13.2 Å². The summed E-state index contributed by atoms with van der Waals surface area (Å²) in [5.41, 5.74) is 1.84. The van der Waals surface area contributed by atoms with Gasteiger partial charge in [0.1, 0.15) is 5.75 Å². The van der Waals surface area contributed by atoms with Crippen molar-refractivity contribution in [1.82, 2.24) is 0 Å². The zero-order valence-corrected chi connectivity index (χ0v) is 15.3. The van der Waals surface area contributed by atoms with Crippen LogP contribution in [0, 0.1) is 6.92 Å². The molecule has 0 radical (unpaired) electrons. The van der Waals surface area contributed by atoms with E-state index in [1.165, 1.54) is 12.1 Å². The van der Waals surface area contributed by atoms with Gasteiger partial charge in [-0.3, -0.25) is 9.52 Å². The van der Waals surface area contributed by atoms with Crippen LogP contribution in [0.2, 0.25) is 0 Å². The molecule has 6 nitrogen and oxygen atoms in total. The first-order valence-electron chi connectivity index (χ1n) is 8.02. The molecule has 2 N–H and O–H groups in total. The lowest BCUT2D eigenvalue weighted by Crippen LogP contribution is -2.15. The molecule has 0 fully saturated rings. The number of sulfonamides is 1. The molecular formula is C18H22N2O4S. The number of carbonyl (C=O) groups excluding carboxylic acids is 1. The minimum absolute atomic E-state index is 0.0444. The van der Waals surface area contributed by atoms with E-state index < -0.39 is 10.0 Å². The van der Waals surface area contributed by atoms with Crippen molar-refractivity contribution in [2.45, 2.75) is 32.1 Å². The van der Waals surface area contributed by atoms with Gasteiger partial charge in [-0.15, -0.1) is 0 Å². The van der Waals surface area contributed by atoms with Crippen LogP contribution in [0.25, 0.3) is 0 Å². The Hall–Kier alpha value is -2.54. The summed E-state index contributed by atoms with van der Waals surface area (Å²) >= 11 is 0. The highest BCUT2D eigenvalue weighted by molar-refractivity contribution is 7.92. The highest BCUT2D eigenvalue weighted by atomic mass is 32.2. The van der Waals surface area contributed by atoms with Gasteiger partial charge in [0.05, 0.1) is 17.2 Å². The van der Waals surface area contributed by atoms with Crippen LogP contribution in [0.3, 0.4) is 0 Å². The maximum absolute atomic E-state index is 12.6. The van der Waals surface area contributed by atoms with Gasteiger partial charge in [0.15, 0.2) is 0 Å². The predicted octanol–water partition coefficient (Wildman–Crippen LogP) is 3.54. The first-order valence-corrected chi connectivity index (χ1v) is 9.50. The summed E-state index contributed by atoms with van der Waals surface area (Å²) in [6, 6.07) is 11.4. The van der Waals surface area contributed by atoms with Crippen LogP contribution < -0.4 is 14.8 Å². The van der Waals surface area contributed by atoms with Crippen LogP contribution >= 0.6 is 0 Å². The number of rotatable bonds is 7. The number of anilines is 2. The van der Waals surface area contributed by atoms with Crippen LogP contribution in [0.4, 0.5) is 11.4 Å². The van der Waals surface area contributed by atoms with Gasteiger partial charge in [-0.25, -0.2) is 8.42 Å². The first-order chi connectivity index (χ1) is 11.9. The molecule has 2 aromatic rings. The quantitative estimate of drug-likeness (QED) is 0.789. The number of amides is 1. The third kappa shape index (κ3) is 4.96. The van der Waals surface area contributed by atoms with Crippen LogP contribution in [-0.2, 0) is 14.8 Å². The van der Waals surface area contributed by atoms with Crippen LogP contribution in [0.5, 0.6) is 5.75 Å². The first kappa shape index (κ1) is 18.8. The largest absolute Gasteiger partial charge is 0.492 e. The maximum atomic E-state index is 12.6. The van der Waals surface area contributed by atoms with Gasteiger partial charge in [0.25, 0.3) is 10.0 Å². The van der Waals surface area contributed by atoms with E-state index in [4.69, 9.17) is 4.74 Å². The lowest BCUT2D eigenvalue weighted by molar-refractivity contribution is -0.115. The number of hydrogen-bond donors (Lipinski definition) is 2. The van der Waals surface area contributed by atoms with Gasteiger partial charge in [-0.1, -0.05) is 24.6 Å². The number of nitrogens with one attached hydrogen (secondary N) is 2. The van der Waals surface area contributed by atoms with Gasteiger partial charge in [0, 0.05) is 12.1 Å². The second-order valence-electron chi connectivity index (χ2n) is 5.46. The summed E-state index contributed by atoms with van der Waals surface area (Å²) in [6.45, 7) is 5.86. The molecule has 2 rings (SSSR count). The third-order valence-corrected chi connectivity index (χ3v) is 4.84. The molecule has 0 aliphatic heterocycles. The van der Waals surface area contributed by atoms with E-state index in [0.29, 0.717) is 23.7 Å². The molecule has 0 aliphatic carbocycles. The number of ether oxygens (including phenoxy) is 1. The second-order valence-corrected chi connectivity index (χ2v) is 7.15. The SMILES string of the molecule is CCOc1ccc(S(=O)(=O)Nc2ccc(C)cc2)cc1NC(=O)CC. The van der Waals surface area contributed by atoms with Gasteiger partial charge in [-0.05, 0) is 44.2 Å².